The Morgan fingerprint density at radius 3 is 1.57 bits per heavy atom. The second-order valence-electron chi connectivity index (χ2n) is 11.5. The number of benzene rings is 6. The van der Waals surface area contributed by atoms with Gasteiger partial charge >= 0.3 is 0 Å². The fourth-order valence-corrected chi connectivity index (χ4v) is 6.02. The Morgan fingerprint density at radius 1 is 0.475 bits per heavy atom. The SMILES string of the molecule is CC(C)(C)c1ccccc1-c1ncc(-c2c3ccccc3c(-c3ccc4ccccc4c3)c3ccccc23)cn1. The lowest BCUT2D eigenvalue weighted by atomic mass is 9.83. The summed E-state index contributed by atoms with van der Waals surface area (Å²) in [7, 11) is 0. The molecule has 0 bridgehead atoms. The highest BCUT2D eigenvalue weighted by atomic mass is 14.9. The number of fused-ring (bicyclic) bond motifs is 3. The van der Waals surface area contributed by atoms with Gasteiger partial charge in [-0.3, -0.25) is 0 Å². The molecule has 0 aliphatic rings. The molecule has 40 heavy (non-hydrogen) atoms. The van der Waals surface area contributed by atoms with Crippen LogP contribution in [0.5, 0.6) is 0 Å². The van der Waals surface area contributed by atoms with E-state index in [1.165, 1.54) is 54.6 Å². The highest BCUT2D eigenvalue weighted by molar-refractivity contribution is 6.21. The number of rotatable bonds is 3. The average Bonchev–Trinajstić information content (AvgIpc) is 2.99. The van der Waals surface area contributed by atoms with E-state index in [2.05, 4.69) is 136 Å². The van der Waals surface area contributed by atoms with Gasteiger partial charge in [-0.05, 0) is 60.5 Å². The molecule has 0 aliphatic heterocycles. The molecular weight excluding hydrogens is 484 g/mol. The Labute approximate surface area is 235 Å². The zero-order valence-corrected chi connectivity index (χ0v) is 23.0. The maximum absolute atomic E-state index is 4.92. The molecule has 0 amide bonds. The van der Waals surface area contributed by atoms with E-state index < -0.39 is 0 Å². The van der Waals surface area contributed by atoms with Crippen molar-refractivity contribution in [1.82, 2.24) is 9.97 Å². The van der Waals surface area contributed by atoms with Gasteiger partial charge in [-0.1, -0.05) is 130 Å². The Bertz CT molecular complexity index is 1970. The number of nitrogens with zero attached hydrogens (tertiary/aromatic N) is 2. The normalized spacial score (nSPS) is 11.9. The number of hydrogen-bond acceptors (Lipinski definition) is 2. The standard InChI is InChI=1S/C38H30N2/c1-38(2,3)34-19-11-10-18-33(34)37-39-23-28(24-40-37)36-31-16-8-6-14-29(31)35(30-15-7-9-17-32(30)36)27-21-20-25-12-4-5-13-26(25)22-27/h4-24H,1-3H3. The van der Waals surface area contributed by atoms with Crippen LogP contribution in [-0.4, -0.2) is 9.97 Å². The van der Waals surface area contributed by atoms with Gasteiger partial charge < -0.3 is 0 Å². The summed E-state index contributed by atoms with van der Waals surface area (Å²) in [6.07, 6.45) is 3.98. The molecule has 2 nitrogen and oxygen atoms in total. The molecule has 0 N–H and O–H groups in total. The minimum atomic E-state index is 0.00360. The van der Waals surface area contributed by atoms with Crippen molar-refractivity contribution < 1.29 is 0 Å². The molecule has 0 radical (unpaired) electrons. The first-order chi connectivity index (χ1) is 19.5. The molecule has 1 heterocycles. The van der Waals surface area contributed by atoms with E-state index in [1.54, 1.807) is 0 Å². The van der Waals surface area contributed by atoms with Crippen molar-refractivity contribution in [3.63, 3.8) is 0 Å². The molecular formula is C38H30N2. The minimum Gasteiger partial charge on any atom is -0.236 e. The topological polar surface area (TPSA) is 25.8 Å². The van der Waals surface area contributed by atoms with Gasteiger partial charge in [-0.2, -0.15) is 0 Å². The van der Waals surface area contributed by atoms with Crippen LogP contribution < -0.4 is 0 Å². The van der Waals surface area contributed by atoms with E-state index >= 15 is 0 Å². The second-order valence-corrected chi connectivity index (χ2v) is 11.5. The summed E-state index contributed by atoms with van der Waals surface area (Å²) in [5, 5.41) is 7.37. The zero-order chi connectivity index (χ0) is 27.3. The van der Waals surface area contributed by atoms with Crippen LogP contribution in [-0.2, 0) is 5.41 Å². The van der Waals surface area contributed by atoms with Crippen molar-refractivity contribution in [3.05, 3.63) is 133 Å². The van der Waals surface area contributed by atoms with Crippen LogP contribution >= 0.6 is 0 Å². The van der Waals surface area contributed by atoms with Crippen molar-refractivity contribution in [2.75, 3.05) is 0 Å². The van der Waals surface area contributed by atoms with Gasteiger partial charge in [0.2, 0.25) is 0 Å². The molecule has 0 atom stereocenters. The van der Waals surface area contributed by atoms with E-state index in [1.807, 2.05) is 12.4 Å². The van der Waals surface area contributed by atoms with Crippen molar-refractivity contribution in [3.8, 4) is 33.6 Å². The quantitative estimate of drug-likeness (QED) is 0.219. The van der Waals surface area contributed by atoms with Crippen molar-refractivity contribution >= 4 is 32.3 Å². The summed E-state index contributed by atoms with van der Waals surface area (Å²) >= 11 is 0. The largest absolute Gasteiger partial charge is 0.236 e. The third kappa shape index (κ3) is 4.04. The molecule has 2 heteroatoms. The summed E-state index contributed by atoms with van der Waals surface area (Å²) in [6, 6.07) is 41.3. The molecule has 7 aromatic rings. The van der Waals surface area contributed by atoms with Crippen molar-refractivity contribution in [1.29, 1.82) is 0 Å². The first-order valence-corrected chi connectivity index (χ1v) is 13.8. The molecule has 0 saturated heterocycles. The predicted octanol–water partition coefficient (Wildman–Crippen LogP) is 10.2. The first kappa shape index (κ1) is 24.2. The van der Waals surface area contributed by atoms with Crippen LogP contribution in [0.15, 0.2) is 128 Å². The van der Waals surface area contributed by atoms with Crippen LogP contribution in [0.4, 0.5) is 0 Å². The van der Waals surface area contributed by atoms with Crippen LogP contribution in [0.3, 0.4) is 0 Å². The van der Waals surface area contributed by atoms with Crippen LogP contribution in [0.25, 0.3) is 66.0 Å². The Kier molecular flexibility index (Phi) is 5.71. The van der Waals surface area contributed by atoms with Gasteiger partial charge in [0.15, 0.2) is 5.82 Å². The Hall–Kier alpha value is -4.82. The molecule has 0 unspecified atom stereocenters. The molecule has 0 fully saturated rings. The summed E-state index contributed by atoms with van der Waals surface area (Å²) in [5.41, 5.74) is 7.02. The van der Waals surface area contributed by atoms with E-state index in [-0.39, 0.29) is 5.41 Å². The molecule has 0 saturated carbocycles. The smallest absolute Gasteiger partial charge is 0.159 e. The van der Waals surface area contributed by atoms with Gasteiger partial charge in [0.25, 0.3) is 0 Å². The molecule has 7 rings (SSSR count). The van der Waals surface area contributed by atoms with E-state index in [4.69, 9.17) is 9.97 Å². The van der Waals surface area contributed by atoms with E-state index in [0.717, 1.165) is 17.0 Å². The fraction of sp³-hybridized carbons (Fsp3) is 0.105. The monoisotopic (exact) mass is 514 g/mol. The van der Waals surface area contributed by atoms with Crippen LogP contribution in [0.1, 0.15) is 26.3 Å². The van der Waals surface area contributed by atoms with Crippen LogP contribution in [0.2, 0.25) is 0 Å². The first-order valence-electron chi connectivity index (χ1n) is 13.8. The highest BCUT2D eigenvalue weighted by Gasteiger charge is 2.21. The second kappa shape index (κ2) is 9.43. The third-order valence-electron chi connectivity index (χ3n) is 7.89. The lowest BCUT2D eigenvalue weighted by Crippen LogP contribution is -2.13. The van der Waals surface area contributed by atoms with Crippen LogP contribution in [0, 0.1) is 0 Å². The molecule has 0 aliphatic carbocycles. The predicted molar refractivity (Wildman–Crippen MR) is 170 cm³/mol. The van der Waals surface area contributed by atoms with Gasteiger partial charge in [0, 0.05) is 29.1 Å². The summed E-state index contributed by atoms with van der Waals surface area (Å²) in [5.74, 6) is 0.760. The molecule has 1 aromatic heterocycles. The Morgan fingerprint density at radius 2 is 0.975 bits per heavy atom. The van der Waals surface area contributed by atoms with E-state index in [9.17, 15) is 0 Å². The maximum atomic E-state index is 4.92. The molecule has 192 valence electrons. The zero-order valence-electron chi connectivity index (χ0n) is 23.0. The maximum Gasteiger partial charge on any atom is 0.159 e. The third-order valence-corrected chi connectivity index (χ3v) is 7.89. The highest BCUT2D eigenvalue weighted by Crippen LogP contribution is 2.44. The van der Waals surface area contributed by atoms with Gasteiger partial charge in [-0.15, -0.1) is 0 Å². The fourth-order valence-electron chi connectivity index (χ4n) is 6.02. The number of aromatic nitrogens is 2. The van der Waals surface area contributed by atoms with Gasteiger partial charge in [0.1, 0.15) is 0 Å². The summed E-state index contributed by atoms with van der Waals surface area (Å²) < 4.78 is 0. The Balaban J connectivity index is 1.46. The lowest BCUT2D eigenvalue weighted by Gasteiger charge is -2.22. The minimum absolute atomic E-state index is 0.00360. The van der Waals surface area contributed by atoms with Crippen molar-refractivity contribution in [2.24, 2.45) is 0 Å². The van der Waals surface area contributed by atoms with Crippen molar-refractivity contribution in [2.45, 2.75) is 26.2 Å². The summed E-state index contributed by atoms with van der Waals surface area (Å²) in [4.78, 5) is 9.83. The lowest BCUT2D eigenvalue weighted by molar-refractivity contribution is 0.591. The van der Waals surface area contributed by atoms with E-state index in [0.29, 0.717) is 0 Å². The summed E-state index contributed by atoms with van der Waals surface area (Å²) in [6.45, 7) is 6.70. The average molecular weight is 515 g/mol. The molecule has 6 aromatic carbocycles. The molecule has 0 spiro atoms. The number of hydrogen-bond donors (Lipinski definition) is 0. The van der Waals surface area contributed by atoms with Gasteiger partial charge in [-0.25, -0.2) is 9.97 Å². The van der Waals surface area contributed by atoms with Gasteiger partial charge in [0.05, 0.1) is 0 Å².